The van der Waals surface area contributed by atoms with Crippen molar-refractivity contribution in [2.24, 2.45) is 0 Å². The Bertz CT molecular complexity index is 421. The van der Waals surface area contributed by atoms with Gasteiger partial charge in [-0.25, -0.2) is 4.21 Å². The van der Waals surface area contributed by atoms with E-state index in [0.29, 0.717) is 6.04 Å². The number of aromatic nitrogens is 1. The van der Waals surface area contributed by atoms with Gasteiger partial charge in [0.2, 0.25) is 0 Å². The van der Waals surface area contributed by atoms with Gasteiger partial charge < -0.3 is 19.2 Å². The number of rotatable bonds is 2. The standard InChI is InChI=1S/C11H14BrN2O.CH4O2S.Na/c1-2-9-8-15-7-6-14(9)11-5-3-4-10(12)13-11;1-4(2)3;/h4-5,9H,2,6-8H2,1H3;1H3,(H,2,3);/q-1;;+1/t9-;;/m0../s1. The van der Waals surface area contributed by atoms with Crippen molar-refractivity contribution in [1.82, 2.24) is 4.98 Å². The fourth-order valence-electron chi connectivity index (χ4n) is 1.80. The van der Waals surface area contributed by atoms with Crippen molar-refractivity contribution in [3.63, 3.8) is 0 Å². The van der Waals surface area contributed by atoms with Crippen LogP contribution in [0.4, 0.5) is 5.82 Å². The second-order valence-corrected chi connectivity index (χ2v) is 5.66. The summed E-state index contributed by atoms with van der Waals surface area (Å²) in [5, 5.41) is 0. The topological polar surface area (TPSA) is 62.7 Å². The minimum absolute atomic E-state index is 0. The zero-order valence-electron chi connectivity index (χ0n) is 12.0. The van der Waals surface area contributed by atoms with E-state index in [2.05, 4.69) is 38.8 Å². The molecule has 0 saturated carbocycles. The number of hydrogen-bond acceptors (Lipinski definition) is 4. The van der Waals surface area contributed by atoms with Crippen LogP contribution in [0.15, 0.2) is 16.7 Å². The molecule has 0 radical (unpaired) electrons. The summed E-state index contributed by atoms with van der Waals surface area (Å²) in [5.41, 5.74) is 0. The molecule has 1 saturated heterocycles. The summed E-state index contributed by atoms with van der Waals surface area (Å²) in [5.74, 6) is 0.986. The van der Waals surface area contributed by atoms with Crippen molar-refractivity contribution in [3.8, 4) is 0 Å². The Labute approximate surface area is 153 Å². The molecule has 1 unspecified atom stereocenters. The Kier molecular flexibility index (Phi) is 11.4. The van der Waals surface area contributed by atoms with Crippen molar-refractivity contribution in [1.29, 1.82) is 0 Å². The molecule has 8 heteroatoms. The fraction of sp³-hybridized carbons (Fsp3) is 0.583. The summed E-state index contributed by atoms with van der Waals surface area (Å²) in [4.78, 5) is 6.75. The van der Waals surface area contributed by atoms with Crippen molar-refractivity contribution < 1.29 is 43.1 Å². The van der Waals surface area contributed by atoms with Crippen molar-refractivity contribution in [2.75, 3.05) is 30.9 Å². The quantitative estimate of drug-likeness (QED) is 0.315. The summed E-state index contributed by atoms with van der Waals surface area (Å²) >= 11 is 1.76. The average molecular weight is 373 g/mol. The minimum Gasteiger partial charge on any atom is -0.402 e. The third-order valence-electron chi connectivity index (χ3n) is 2.63. The molecule has 1 aromatic heterocycles. The van der Waals surface area contributed by atoms with Crippen molar-refractivity contribution >= 4 is 32.8 Å². The summed E-state index contributed by atoms with van der Waals surface area (Å²) in [6, 6.07) is 7.27. The van der Waals surface area contributed by atoms with Gasteiger partial charge in [-0.3, -0.25) is 0 Å². The molecule has 2 atom stereocenters. The molecule has 0 aromatic carbocycles. The Morgan fingerprint density at radius 1 is 1.65 bits per heavy atom. The third kappa shape index (κ3) is 7.49. The van der Waals surface area contributed by atoms with Crippen LogP contribution in [-0.4, -0.2) is 45.8 Å². The zero-order chi connectivity index (χ0) is 14.3. The van der Waals surface area contributed by atoms with Crippen molar-refractivity contribution in [3.05, 3.63) is 22.8 Å². The number of morpholine rings is 1. The molecule has 0 spiro atoms. The molecule has 2 heterocycles. The Hall–Kier alpha value is 0.500. The first-order valence-electron chi connectivity index (χ1n) is 5.95. The van der Waals surface area contributed by atoms with E-state index in [4.69, 9.17) is 13.5 Å². The summed E-state index contributed by atoms with van der Waals surface area (Å²) in [6.45, 7) is 4.67. The maximum atomic E-state index is 9.11. The van der Waals surface area contributed by atoms with Gasteiger partial charge in [0.1, 0.15) is 11.1 Å². The first-order chi connectivity index (χ1) is 9.04. The van der Waals surface area contributed by atoms with Crippen LogP contribution in [0.3, 0.4) is 0 Å². The van der Waals surface area contributed by atoms with Crippen LogP contribution in [0.1, 0.15) is 13.3 Å². The van der Waals surface area contributed by atoms with Crippen LogP contribution in [0.2, 0.25) is 0 Å². The Morgan fingerprint density at radius 2 is 2.30 bits per heavy atom. The van der Waals surface area contributed by atoms with E-state index in [1.807, 2.05) is 12.1 Å². The molecule has 1 aliphatic rings. The molecule has 0 aliphatic carbocycles. The maximum absolute atomic E-state index is 9.11. The third-order valence-corrected chi connectivity index (χ3v) is 3.04. The second-order valence-electron chi connectivity index (χ2n) is 4.00. The first-order valence-corrected chi connectivity index (χ1v) is 8.26. The van der Waals surface area contributed by atoms with Crippen LogP contribution < -0.4 is 34.5 Å². The summed E-state index contributed by atoms with van der Waals surface area (Å²) in [7, 11) is 0. The van der Waals surface area contributed by atoms with Gasteiger partial charge in [-0.05, 0) is 11.0 Å². The van der Waals surface area contributed by atoms with E-state index in [1.54, 1.807) is 0 Å². The maximum Gasteiger partial charge on any atom is 1.00 e. The monoisotopic (exact) mass is 372 g/mol. The predicted molar refractivity (Wildman–Crippen MR) is 79.7 cm³/mol. The van der Waals surface area contributed by atoms with E-state index in [1.165, 1.54) is 6.26 Å². The van der Waals surface area contributed by atoms with E-state index in [9.17, 15) is 0 Å². The van der Waals surface area contributed by atoms with E-state index < -0.39 is 11.1 Å². The summed E-state index contributed by atoms with van der Waals surface area (Å²) < 4.78 is 22.9. The van der Waals surface area contributed by atoms with Crippen LogP contribution >= 0.6 is 15.9 Å². The van der Waals surface area contributed by atoms with Gasteiger partial charge in [0.25, 0.3) is 0 Å². The van der Waals surface area contributed by atoms with Gasteiger partial charge in [-0.15, -0.1) is 28.1 Å². The number of pyridine rings is 1. The zero-order valence-corrected chi connectivity index (χ0v) is 16.4. The predicted octanol–water partition coefficient (Wildman–Crippen LogP) is -0.899. The number of ether oxygens (including phenoxy) is 1. The van der Waals surface area contributed by atoms with E-state index >= 15 is 0 Å². The van der Waals surface area contributed by atoms with Crippen molar-refractivity contribution in [2.45, 2.75) is 19.4 Å². The molecule has 2 rings (SSSR count). The number of halogens is 1. The molecule has 5 nitrogen and oxygen atoms in total. The Balaban J connectivity index is 0.000000644. The Morgan fingerprint density at radius 3 is 2.85 bits per heavy atom. The van der Waals surface area contributed by atoms with E-state index in [0.717, 1.165) is 36.6 Å². The smallest absolute Gasteiger partial charge is 0.402 e. The number of hydrogen-bond donors (Lipinski definition) is 1. The largest absolute Gasteiger partial charge is 1.00 e. The van der Waals surface area contributed by atoms with Gasteiger partial charge in [0.05, 0.1) is 13.2 Å². The molecule has 108 valence electrons. The molecule has 0 bridgehead atoms. The number of anilines is 1. The second kappa shape index (κ2) is 11.1. The van der Waals surface area contributed by atoms with Gasteiger partial charge in [0, 0.05) is 24.7 Å². The minimum atomic E-state index is -1.61. The van der Waals surface area contributed by atoms with E-state index in [-0.39, 0.29) is 29.6 Å². The van der Waals surface area contributed by atoms with Crippen LogP contribution in [0.5, 0.6) is 0 Å². The molecular formula is C12H18BrN2NaO3S. The molecule has 1 aromatic rings. The van der Waals surface area contributed by atoms with Gasteiger partial charge in [-0.1, -0.05) is 6.92 Å². The number of nitrogens with zero attached hydrogens (tertiary/aromatic N) is 2. The SMILES string of the molecule is CC[C@H]1COCCN1c1c[c-]cc(Br)n1.CS(=O)O.[Na+]. The molecular weight excluding hydrogens is 355 g/mol. The average Bonchev–Trinajstić information content (AvgIpc) is 2.38. The normalized spacial score (nSPS) is 19.4. The van der Waals surface area contributed by atoms with Gasteiger partial charge in [0.15, 0.2) is 0 Å². The van der Waals surface area contributed by atoms with Crippen LogP contribution in [0, 0.1) is 6.07 Å². The molecule has 1 fully saturated rings. The molecule has 1 aliphatic heterocycles. The first kappa shape index (κ1) is 20.5. The summed E-state index contributed by atoms with van der Waals surface area (Å²) in [6.07, 6.45) is 2.27. The van der Waals surface area contributed by atoms with Crippen LogP contribution in [0.25, 0.3) is 0 Å². The molecule has 0 amide bonds. The van der Waals surface area contributed by atoms with Gasteiger partial charge >= 0.3 is 29.6 Å². The van der Waals surface area contributed by atoms with Crippen LogP contribution in [-0.2, 0) is 15.8 Å². The molecule has 20 heavy (non-hydrogen) atoms. The van der Waals surface area contributed by atoms with Gasteiger partial charge in [-0.2, -0.15) is 6.07 Å². The fourth-order valence-corrected chi connectivity index (χ4v) is 2.11. The molecule has 1 N–H and O–H groups in total.